The lowest BCUT2D eigenvalue weighted by Crippen LogP contribution is -2.48. The molecular weight excluding hydrogens is 366 g/mol. The van der Waals surface area contributed by atoms with Crippen LogP contribution in [0.2, 0.25) is 0 Å². The van der Waals surface area contributed by atoms with E-state index in [1.54, 1.807) is 4.90 Å². The van der Waals surface area contributed by atoms with Crippen molar-refractivity contribution in [1.82, 2.24) is 9.80 Å². The fraction of sp³-hybridized carbons (Fsp3) is 0.562. The lowest BCUT2D eigenvalue weighted by atomic mass is 10.0. The highest BCUT2D eigenvalue weighted by Gasteiger charge is 2.24. The van der Waals surface area contributed by atoms with Crippen LogP contribution in [-0.2, 0) is 11.3 Å². The summed E-state index contributed by atoms with van der Waals surface area (Å²) in [5.74, 6) is 0.158. The van der Waals surface area contributed by atoms with Gasteiger partial charge < -0.3 is 10.6 Å². The maximum Gasteiger partial charge on any atom is 0.236 e. The number of carbonyl (C=O) groups is 1. The molecule has 1 heterocycles. The van der Waals surface area contributed by atoms with Crippen LogP contribution in [-0.4, -0.2) is 48.4 Å². The van der Waals surface area contributed by atoms with E-state index in [1.165, 1.54) is 6.42 Å². The number of piperidine rings is 1. The second kappa shape index (κ2) is 9.50. The van der Waals surface area contributed by atoms with E-state index in [0.29, 0.717) is 25.7 Å². The van der Waals surface area contributed by atoms with Gasteiger partial charge in [-0.2, -0.15) is 0 Å². The highest BCUT2D eigenvalue weighted by atomic mass is 79.9. The van der Waals surface area contributed by atoms with Crippen molar-refractivity contribution in [3.63, 3.8) is 0 Å². The fourth-order valence-electron chi connectivity index (χ4n) is 2.80. The van der Waals surface area contributed by atoms with Gasteiger partial charge in [0.05, 0.1) is 6.54 Å². The molecule has 0 aliphatic carbocycles. The molecule has 0 aromatic heterocycles. The third-order valence-corrected chi connectivity index (χ3v) is 4.92. The standard InChI is InChI=1S/C16H24BrN3O.ClH/c1-19(11-13-6-2-3-8-15(13)17)16(21)12-20-9-5-4-7-14(20)10-18;/h2-3,6,8,14H,4-5,7,9-12,18H2,1H3;1H. The number of likely N-dealkylation sites (N-methyl/N-ethyl adjacent to an activating group) is 1. The van der Waals surface area contributed by atoms with E-state index in [-0.39, 0.29) is 18.3 Å². The number of nitrogens with zero attached hydrogens (tertiary/aromatic N) is 2. The van der Waals surface area contributed by atoms with Crippen LogP contribution in [0, 0.1) is 0 Å². The van der Waals surface area contributed by atoms with Gasteiger partial charge in [0.1, 0.15) is 0 Å². The van der Waals surface area contributed by atoms with Gasteiger partial charge in [0.2, 0.25) is 5.91 Å². The molecule has 1 amide bonds. The van der Waals surface area contributed by atoms with Crippen molar-refractivity contribution in [2.24, 2.45) is 5.73 Å². The molecule has 0 spiro atoms. The third-order valence-electron chi connectivity index (χ3n) is 4.15. The number of rotatable bonds is 5. The molecule has 1 unspecified atom stereocenters. The van der Waals surface area contributed by atoms with Gasteiger partial charge in [0, 0.05) is 30.7 Å². The molecule has 22 heavy (non-hydrogen) atoms. The Labute approximate surface area is 147 Å². The summed E-state index contributed by atoms with van der Waals surface area (Å²) in [6.07, 6.45) is 3.49. The zero-order valence-corrected chi connectivity index (χ0v) is 15.4. The van der Waals surface area contributed by atoms with Gasteiger partial charge in [0.15, 0.2) is 0 Å². The number of benzene rings is 1. The number of halogens is 2. The minimum atomic E-state index is 0. The van der Waals surface area contributed by atoms with Crippen molar-refractivity contribution in [3.05, 3.63) is 34.3 Å². The first-order valence-electron chi connectivity index (χ1n) is 7.53. The maximum absolute atomic E-state index is 12.4. The van der Waals surface area contributed by atoms with Crippen LogP contribution in [0.4, 0.5) is 0 Å². The van der Waals surface area contributed by atoms with E-state index < -0.39 is 0 Å². The van der Waals surface area contributed by atoms with Gasteiger partial charge in [0.25, 0.3) is 0 Å². The topological polar surface area (TPSA) is 49.6 Å². The molecule has 2 rings (SSSR count). The van der Waals surface area contributed by atoms with E-state index in [0.717, 1.165) is 29.4 Å². The lowest BCUT2D eigenvalue weighted by molar-refractivity contribution is -0.132. The molecule has 1 aliphatic rings. The number of hydrogen-bond donors (Lipinski definition) is 1. The summed E-state index contributed by atoms with van der Waals surface area (Å²) in [7, 11) is 1.86. The molecule has 0 radical (unpaired) electrons. The minimum Gasteiger partial charge on any atom is -0.340 e. The largest absolute Gasteiger partial charge is 0.340 e. The van der Waals surface area contributed by atoms with Gasteiger partial charge in [-0.1, -0.05) is 40.5 Å². The number of carbonyl (C=O) groups excluding carboxylic acids is 1. The summed E-state index contributed by atoms with van der Waals surface area (Å²) in [6, 6.07) is 8.38. The summed E-state index contributed by atoms with van der Waals surface area (Å²) in [6.45, 7) is 2.72. The Hall–Kier alpha value is -0.620. The summed E-state index contributed by atoms with van der Waals surface area (Å²) >= 11 is 3.53. The Morgan fingerprint density at radius 2 is 2.14 bits per heavy atom. The zero-order chi connectivity index (χ0) is 15.2. The van der Waals surface area contributed by atoms with E-state index in [2.05, 4.69) is 20.8 Å². The Kier molecular flexibility index (Phi) is 8.39. The highest BCUT2D eigenvalue weighted by molar-refractivity contribution is 9.10. The molecule has 1 saturated heterocycles. The van der Waals surface area contributed by atoms with E-state index in [4.69, 9.17) is 5.73 Å². The van der Waals surface area contributed by atoms with Crippen molar-refractivity contribution < 1.29 is 4.79 Å². The predicted molar refractivity (Wildman–Crippen MR) is 96.1 cm³/mol. The molecule has 1 aliphatic heterocycles. The molecule has 0 bridgehead atoms. The monoisotopic (exact) mass is 389 g/mol. The Morgan fingerprint density at radius 3 is 2.82 bits per heavy atom. The van der Waals surface area contributed by atoms with Crippen molar-refractivity contribution >= 4 is 34.2 Å². The fourth-order valence-corrected chi connectivity index (χ4v) is 3.21. The minimum absolute atomic E-state index is 0. The molecule has 2 N–H and O–H groups in total. The first kappa shape index (κ1) is 19.4. The SMILES string of the molecule is CN(Cc1ccccc1Br)C(=O)CN1CCCCC1CN.Cl. The quantitative estimate of drug-likeness (QED) is 0.841. The summed E-state index contributed by atoms with van der Waals surface area (Å²) < 4.78 is 1.04. The maximum atomic E-state index is 12.4. The van der Waals surface area contributed by atoms with Crippen LogP contribution < -0.4 is 5.73 Å². The molecule has 4 nitrogen and oxygen atoms in total. The van der Waals surface area contributed by atoms with Crippen molar-refractivity contribution in [1.29, 1.82) is 0 Å². The number of amides is 1. The van der Waals surface area contributed by atoms with Crippen LogP contribution >= 0.6 is 28.3 Å². The third kappa shape index (κ3) is 5.23. The van der Waals surface area contributed by atoms with Crippen LogP contribution in [0.1, 0.15) is 24.8 Å². The molecule has 1 atom stereocenters. The van der Waals surface area contributed by atoms with Crippen LogP contribution in [0.15, 0.2) is 28.7 Å². The average molecular weight is 391 g/mol. The number of hydrogen-bond acceptors (Lipinski definition) is 3. The normalized spacial score (nSPS) is 18.6. The van der Waals surface area contributed by atoms with E-state index in [1.807, 2.05) is 31.3 Å². The summed E-state index contributed by atoms with van der Waals surface area (Å²) in [5, 5.41) is 0. The van der Waals surface area contributed by atoms with Crippen molar-refractivity contribution in [2.45, 2.75) is 31.8 Å². The smallest absolute Gasteiger partial charge is 0.236 e. The van der Waals surface area contributed by atoms with E-state index >= 15 is 0 Å². The van der Waals surface area contributed by atoms with Crippen LogP contribution in [0.25, 0.3) is 0 Å². The molecule has 1 aromatic carbocycles. The Morgan fingerprint density at radius 1 is 1.41 bits per heavy atom. The first-order chi connectivity index (χ1) is 10.1. The molecule has 0 saturated carbocycles. The molecule has 124 valence electrons. The second-order valence-corrected chi connectivity index (χ2v) is 6.55. The second-order valence-electron chi connectivity index (χ2n) is 5.70. The first-order valence-corrected chi connectivity index (χ1v) is 8.32. The highest BCUT2D eigenvalue weighted by Crippen LogP contribution is 2.19. The number of nitrogens with two attached hydrogens (primary N) is 1. The van der Waals surface area contributed by atoms with Crippen molar-refractivity contribution in [3.8, 4) is 0 Å². The Bertz CT molecular complexity index is 486. The molecule has 1 aromatic rings. The predicted octanol–water partition coefficient (Wildman–Crippen LogP) is 2.64. The molecule has 6 heteroatoms. The Balaban J connectivity index is 0.00000242. The molecular formula is C16H25BrClN3O. The van der Waals surface area contributed by atoms with Gasteiger partial charge >= 0.3 is 0 Å². The molecule has 1 fully saturated rings. The average Bonchev–Trinajstić information content (AvgIpc) is 2.50. The summed E-state index contributed by atoms with van der Waals surface area (Å²) in [4.78, 5) is 16.4. The van der Waals surface area contributed by atoms with Crippen LogP contribution in [0.5, 0.6) is 0 Å². The lowest BCUT2D eigenvalue weighted by Gasteiger charge is -2.35. The summed E-state index contributed by atoms with van der Waals surface area (Å²) in [5.41, 5.74) is 6.94. The van der Waals surface area contributed by atoms with Gasteiger partial charge in [-0.15, -0.1) is 12.4 Å². The van der Waals surface area contributed by atoms with Crippen molar-refractivity contribution in [2.75, 3.05) is 26.7 Å². The van der Waals surface area contributed by atoms with E-state index in [9.17, 15) is 4.79 Å². The number of likely N-dealkylation sites (tertiary alicyclic amines) is 1. The van der Waals surface area contributed by atoms with Gasteiger partial charge in [-0.25, -0.2) is 0 Å². The van der Waals surface area contributed by atoms with Crippen LogP contribution in [0.3, 0.4) is 0 Å². The van der Waals surface area contributed by atoms with Gasteiger partial charge in [-0.05, 0) is 31.0 Å². The zero-order valence-electron chi connectivity index (χ0n) is 13.0. The van der Waals surface area contributed by atoms with Gasteiger partial charge in [-0.3, -0.25) is 9.69 Å².